The van der Waals surface area contributed by atoms with Gasteiger partial charge in [-0.1, -0.05) is 17.8 Å². The number of nitrogens with zero attached hydrogens (tertiary/aromatic N) is 1. The molecule has 0 spiro atoms. The van der Waals surface area contributed by atoms with Crippen LogP contribution in [-0.4, -0.2) is 4.98 Å². The van der Waals surface area contributed by atoms with Crippen LogP contribution >= 0.6 is 27.7 Å². The van der Waals surface area contributed by atoms with E-state index in [1.165, 1.54) is 17.8 Å². The Labute approximate surface area is 112 Å². The van der Waals surface area contributed by atoms with Gasteiger partial charge in [0.1, 0.15) is 10.8 Å². The molecule has 0 aliphatic carbocycles. The Kier molecular flexibility index (Phi) is 4.15. The molecule has 0 radical (unpaired) electrons. The molecule has 17 heavy (non-hydrogen) atoms. The van der Waals surface area contributed by atoms with Gasteiger partial charge in [-0.3, -0.25) is 0 Å². The summed E-state index contributed by atoms with van der Waals surface area (Å²) in [6.07, 6.45) is 1.70. The number of rotatable bonds is 3. The third-order valence-electron chi connectivity index (χ3n) is 2.21. The van der Waals surface area contributed by atoms with E-state index in [1.54, 1.807) is 12.3 Å². The molecule has 1 aromatic heterocycles. The van der Waals surface area contributed by atoms with Crippen molar-refractivity contribution in [1.82, 2.24) is 4.98 Å². The maximum Gasteiger partial charge on any atom is 0.128 e. The van der Waals surface area contributed by atoms with Crippen molar-refractivity contribution in [1.29, 1.82) is 0 Å². The molecule has 1 aromatic carbocycles. The second kappa shape index (κ2) is 5.62. The average Bonchev–Trinajstić information content (AvgIpc) is 2.32. The molecular weight excluding hydrogens is 303 g/mol. The fraction of sp³-hybridized carbons (Fsp3) is 0.0833. The highest BCUT2D eigenvalue weighted by Gasteiger charge is 2.10. The molecule has 0 bridgehead atoms. The zero-order valence-corrected chi connectivity index (χ0v) is 11.3. The summed E-state index contributed by atoms with van der Waals surface area (Å²) in [4.78, 5) is 5.03. The van der Waals surface area contributed by atoms with Gasteiger partial charge in [0.2, 0.25) is 0 Å². The van der Waals surface area contributed by atoms with Crippen LogP contribution in [0.4, 0.5) is 4.39 Å². The van der Waals surface area contributed by atoms with Crippen molar-refractivity contribution in [2.45, 2.75) is 16.5 Å². The minimum Gasteiger partial charge on any atom is -0.326 e. The Balaban J connectivity index is 2.37. The first kappa shape index (κ1) is 12.5. The predicted molar refractivity (Wildman–Crippen MR) is 70.4 cm³/mol. The van der Waals surface area contributed by atoms with Crippen molar-refractivity contribution in [2.75, 3.05) is 0 Å². The summed E-state index contributed by atoms with van der Waals surface area (Å²) in [7, 11) is 0. The largest absolute Gasteiger partial charge is 0.326 e. The molecule has 2 rings (SSSR count). The monoisotopic (exact) mass is 312 g/mol. The van der Waals surface area contributed by atoms with E-state index in [1.807, 2.05) is 18.2 Å². The van der Waals surface area contributed by atoms with Crippen LogP contribution in [0.2, 0.25) is 0 Å². The smallest absolute Gasteiger partial charge is 0.128 e. The Morgan fingerprint density at radius 2 is 2.12 bits per heavy atom. The normalized spacial score (nSPS) is 10.5. The van der Waals surface area contributed by atoms with E-state index in [2.05, 4.69) is 20.9 Å². The molecule has 0 atom stereocenters. The van der Waals surface area contributed by atoms with Crippen molar-refractivity contribution in [2.24, 2.45) is 5.73 Å². The number of benzene rings is 1. The number of hydrogen-bond donors (Lipinski definition) is 1. The van der Waals surface area contributed by atoms with Gasteiger partial charge in [-0.15, -0.1) is 0 Å². The van der Waals surface area contributed by atoms with Gasteiger partial charge in [0.05, 0.1) is 4.47 Å². The maximum atomic E-state index is 13.5. The van der Waals surface area contributed by atoms with Gasteiger partial charge in [0.15, 0.2) is 0 Å². The summed E-state index contributed by atoms with van der Waals surface area (Å²) < 4.78 is 14.4. The SMILES string of the molecule is NCc1c(F)cccc1Sc1ncccc1Br. The number of aromatic nitrogens is 1. The van der Waals surface area contributed by atoms with E-state index in [0.717, 1.165) is 14.4 Å². The van der Waals surface area contributed by atoms with E-state index in [0.29, 0.717) is 5.56 Å². The minimum absolute atomic E-state index is 0.180. The van der Waals surface area contributed by atoms with E-state index in [4.69, 9.17) is 5.73 Å². The summed E-state index contributed by atoms with van der Waals surface area (Å²) >= 11 is 4.81. The maximum absolute atomic E-state index is 13.5. The fourth-order valence-corrected chi connectivity index (χ4v) is 2.82. The standard InChI is InChI=1S/C12H10BrFN2S/c13-9-3-2-6-16-12(9)17-11-5-1-4-10(14)8(11)7-15/h1-6H,7,15H2. The topological polar surface area (TPSA) is 38.9 Å². The van der Waals surface area contributed by atoms with Crippen molar-refractivity contribution >= 4 is 27.7 Å². The van der Waals surface area contributed by atoms with Gasteiger partial charge >= 0.3 is 0 Å². The molecule has 2 N–H and O–H groups in total. The van der Waals surface area contributed by atoms with E-state index in [9.17, 15) is 4.39 Å². The van der Waals surface area contributed by atoms with Crippen LogP contribution in [0, 0.1) is 5.82 Å². The number of pyridine rings is 1. The van der Waals surface area contributed by atoms with E-state index >= 15 is 0 Å². The average molecular weight is 313 g/mol. The molecule has 0 aliphatic heterocycles. The van der Waals surface area contributed by atoms with Crippen LogP contribution in [0.3, 0.4) is 0 Å². The molecule has 0 saturated carbocycles. The lowest BCUT2D eigenvalue weighted by atomic mass is 10.2. The van der Waals surface area contributed by atoms with Crippen molar-refractivity contribution < 1.29 is 4.39 Å². The van der Waals surface area contributed by atoms with Crippen LogP contribution in [0.1, 0.15) is 5.56 Å². The van der Waals surface area contributed by atoms with Gasteiger partial charge in [-0.2, -0.15) is 0 Å². The molecule has 2 aromatic rings. The van der Waals surface area contributed by atoms with Crippen LogP contribution in [0.15, 0.2) is 50.9 Å². The highest BCUT2D eigenvalue weighted by Crippen LogP contribution is 2.34. The third-order valence-corrected chi connectivity index (χ3v) is 4.23. The molecule has 0 unspecified atom stereocenters. The van der Waals surface area contributed by atoms with Crippen molar-refractivity contribution in [3.63, 3.8) is 0 Å². The Morgan fingerprint density at radius 1 is 1.29 bits per heavy atom. The number of hydrogen-bond acceptors (Lipinski definition) is 3. The summed E-state index contributed by atoms with van der Waals surface area (Å²) in [6.45, 7) is 0.180. The molecular formula is C12H10BrFN2S. The Hall–Kier alpha value is -0.910. The summed E-state index contributed by atoms with van der Waals surface area (Å²) in [5.74, 6) is -0.274. The Bertz CT molecular complexity index is 534. The second-order valence-corrected chi connectivity index (χ2v) is 5.20. The first-order chi connectivity index (χ1) is 8.22. The Morgan fingerprint density at radius 3 is 2.82 bits per heavy atom. The van der Waals surface area contributed by atoms with Crippen LogP contribution < -0.4 is 5.73 Å². The first-order valence-electron chi connectivity index (χ1n) is 4.98. The molecule has 0 fully saturated rings. The van der Waals surface area contributed by atoms with Gasteiger partial charge in [-0.25, -0.2) is 9.37 Å². The quantitative estimate of drug-likeness (QED) is 0.941. The fourth-order valence-electron chi connectivity index (χ4n) is 1.38. The molecule has 0 aliphatic rings. The first-order valence-corrected chi connectivity index (χ1v) is 6.59. The molecule has 0 saturated heterocycles. The molecule has 1 heterocycles. The lowest BCUT2D eigenvalue weighted by Crippen LogP contribution is -2.01. The van der Waals surface area contributed by atoms with Gasteiger partial charge in [-0.05, 0) is 40.2 Å². The molecule has 0 amide bonds. The molecule has 88 valence electrons. The van der Waals surface area contributed by atoms with E-state index < -0.39 is 0 Å². The van der Waals surface area contributed by atoms with Crippen LogP contribution in [-0.2, 0) is 6.54 Å². The predicted octanol–water partition coefficient (Wildman–Crippen LogP) is 3.59. The van der Waals surface area contributed by atoms with Crippen LogP contribution in [0.25, 0.3) is 0 Å². The second-order valence-electron chi connectivity index (χ2n) is 3.31. The van der Waals surface area contributed by atoms with Gasteiger partial charge in [0.25, 0.3) is 0 Å². The highest BCUT2D eigenvalue weighted by atomic mass is 79.9. The van der Waals surface area contributed by atoms with Crippen LogP contribution in [0.5, 0.6) is 0 Å². The van der Waals surface area contributed by atoms with Gasteiger partial charge in [0, 0.05) is 23.2 Å². The van der Waals surface area contributed by atoms with E-state index in [-0.39, 0.29) is 12.4 Å². The number of nitrogens with two attached hydrogens (primary N) is 1. The highest BCUT2D eigenvalue weighted by molar-refractivity contribution is 9.10. The number of halogens is 2. The lowest BCUT2D eigenvalue weighted by molar-refractivity contribution is 0.604. The zero-order valence-electron chi connectivity index (χ0n) is 8.86. The summed E-state index contributed by atoms with van der Waals surface area (Å²) in [5, 5.41) is 0.799. The van der Waals surface area contributed by atoms with Crippen molar-refractivity contribution in [3.8, 4) is 0 Å². The van der Waals surface area contributed by atoms with Gasteiger partial charge < -0.3 is 5.73 Å². The lowest BCUT2D eigenvalue weighted by Gasteiger charge is -2.08. The minimum atomic E-state index is -0.274. The zero-order chi connectivity index (χ0) is 12.3. The van der Waals surface area contributed by atoms with Crippen molar-refractivity contribution in [3.05, 3.63) is 52.4 Å². The molecule has 2 nitrogen and oxygen atoms in total. The molecule has 5 heteroatoms. The summed E-state index contributed by atoms with van der Waals surface area (Å²) in [5.41, 5.74) is 6.08. The third kappa shape index (κ3) is 2.86. The summed E-state index contributed by atoms with van der Waals surface area (Å²) in [6, 6.07) is 8.67.